The predicted molar refractivity (Wildman–Crippen MR) is 87.1 cm³/mol. The molecule has 6 nitrogen and oxygen atoms in total. The van der Waals surface area contributed by atoms with Crippen LogP contribution in [0.2, 0.25) is 0 Å². The molecule has 0 radical (unpaired) electrons. The summed E-state index contributed by atoms with van der Waals surface area (Å²) in [6.45, 7) is 12.1. The minimum absolute atomic E-state index is 0.175. The monoisotopic (exact) mass is 303 g/mol. The first-order chi connectivity index (χ1) is 10.4. The first kappa shape index (κ1) is 16.4. The van der Waals surface area contributed by atoms with Crippen molar-refractivity contribution in [2.45, 2.75) is 53.8 Å². The minimum atomic E-state index is -0.175. The molecule has 0 aliphatic rings. The van der Waals surface area contributed by atoms with E-state index in [0.29, 0.717) is 6.54 Å². The van der Waals surface area contributed by atoms with Gasteiger partial charge in [0.25, 0.3) is 0 Å². The van der Waals surface area contributed by atoms with Gasteiger partial charge in [-0.15, -0.1) is 0 Å². The zero-order valence-corrected chi connectivity index (χ0v) is 14.1. The summed E-state index contributed by atoms with van der Waals surface area (Å²) in [4.78, 5) is 15.9. The van der Waals surface area contributed by atoms with Crippen molar-refractivity contribution in [1.29, 1.82) is 0 Å². The van der Waals surface area contributed by atoms with Crippen molar-refractivity contribution in [1.82, 2.24) is 24.6 Å². The summed E-state index contributed by atoms with van der Waals surface area (Å²) in [6, 6.07) is 4.29. The third kappa shape index (κ3) is 4.04. The molecule has 0 saturated heterocycles. The molecule has 0 bridgehead atoms. The van der Waals surface area contributed by atoms with Crippen LogP contribution in [0.3, 0.4) is 0 Å². The molecule has 0 aromatic carbocycles. The number of hydrogen-bond donors (Lipinski definition) is 1. The van der Waals surface area contributed by atoms with Gasteiger partial charge in [0, 0.05) is 36.2 Å². The highest BCUT2D eigenvalue weighted by atomic mass is 16.1. The molecule has 0 spiro atoms. The molecular formula is C16H25N5O. The van der Waals surface area contributed by atoms with Crippen LogP contribution < -0.4 is 11.0 Å². The van der Waals surface area contributed by atoms with Crippen LogP contribution >= 0.6 is 0 Å². The fourth-order valence-electron chi connectivity index (χ4n) is 2.65. The van der Waals surface area contributed by atoms with E-state index in [2.05, 4.69) is 35.3 Å². The molecule has 2 rings (SSSR count). The van der Waals surface area contributed by atoms with E-state index in [1.165, 1.54) is 5.69 Å². The Morgan fingerprint density at radius 2 is 1.82 bits per heavy atom. The van der Waals surface area contributed by atoms with Crippen molar-refractivity contribution in [3.8, 4) is 0 Å². The second-order valence-corrected chi connectivity index (χ2v) is 5.94. The van der Waals surface area contributed by atoms with Gasteiger partial charge in [0.1, 0.15) is 0 Å². The van der Waals surface area contributed by atoms with Crippen LogP contribution in [0.1, 0.15) is 29.7 Å². The van der Waals surface area contributed by atoms with Gasteiger partial charge in [-0.2, -0.15) is 10.1 Å². The number of nitrogens with one attached hydrogen (secondary N) is 1. The fraction of sp³-hybridized carbons (Fsp3) is 0.562. The normalized spacial score (nSPS) is 12.6. The highest BCUT2D eigenvalue weighted by Gasteiger charge is 2.07. The Balaban J connectivity index is 1.89. The highest BCUT2D eigenvalue weighted by Crippen LogP contribution is 2.03. The average Bonchev–Trinajstić information content (AvgIpc) is 2.71. The third-order valence-electron chi connectivity index (χ3n) is 3.72. The molecule has 0 aliphatic carbocycles. The van der Waals surface area contributed by atoms with Gasteiger partial charge in [0.2, 0.25) is 0 Å². The van der Waals surface area contributed by atoms with E-state index in [1.54, 1.807) is 4.57 Å². The van der Waals surface area contributed by atoms with Gasteiger partial charge in [-0.3, -0.25) is 9.25 Å². The van der Waals surface area contributed by atoms with Crippen molar-refractivity contribution in [3.05, 3.63) is 45.4 Å². The van der Waals surface area contributed by atoms with Crippen molar-refractivity contribution in [2.24, 2.45) is 0 Å². The van der Waals surface area contributed by atoms with Gasteiger partial charge in [0.05, 0.1) is 12.2 Å². The Bertz CT molecular complexity index is 701. The smallest absolute Gasteiger partial charge is 0.311 e. The van der Waals surface area contributed by atoms with Gasteiger partial charge in [-0.1, -0.05) is 0 Å². The van der Waals surface area contributed by atoms with Gasteiger partial charge in [-0.25, -0.2) is 4.79 Å². The molecule has 2 aromatic rings. The Morgan fingerprint density at radius 1 is 1.14 bits per heavy atom. The molecule has 0 aliphatic heterocycles. The molecule has 2 aromatic heterocycles. The molecule has 1 atom stereocenters. The zero-order valence-electron chi connectivity index (χ0n) is 14.1. The van der Waals surface area contributed by atoms with E-state index in [1.807, 2.05) is 31.5 Å². The number of nitrogens with zero attached hydrogens (tertiary/aromatic N) is 4. The van der Waals surface area contributed by atoms with Crippen molar-refractivity contribution < 1.29 is 0 Å². The quantitative estimate of drug-likeness (QED) is 0.875. The van der Waals surface area contributed by atoms with Gasteiger partial charge >= 0.3 is 5.69 Å². The van der Waals surface area contributed by atoms with Gasteiger partial charge < -0.3 is 5.32 Å². The Hall–Kier alpha value is -1.95. The lowest BCUT2D eigenvalue weighted by molar-refractivity contribution is 0.429. The summed E-state index contributed by atoms with van der Waals surface area (Å²) in [5.74, 6) is 0. The van der Waals surface area contributed by atoms with Crippen LogP contribution in [0.25, 0.3) is 0 Å². The van der Waals surface area contributed by atoms with Gasteiger partial charge in [0.15, 0.2) is 0 Å². The van der Waals surface area contributed by atoms with Crippen molar-refractivity contribution >= 4 is 0 Å². The lowest BCUT2D eigenvalue weighted by atomic mass is 10.3. The third-order valence-corrected chi connectivity index (χ3v) is 3.72. The van der Waals surface area contributed by atoms with Crippen molar-refractivity contribution in [3.63, 3.8) is 0 Å². The second-order valence-electron chi connectivity index (χ2n) is 5.94. The zero-order chi connectivity index (χ0) is 16.3. The maximum absolute atomic E-state index is 11.9. The van der Waals surface area contributed by atoms with E-state index >= 15 is 0 Å². The molecule has 22 heavy (non-hydrogen) atoms. The largest absolute Gasteiger partial charge is 0.347 e. The van der Waals surface area contributed by atoms with Crippen LogP contribution in [0.5, 0.6) is 0 Å². The van der Waals surface area contributed by atoms with E-state index < -0.39 is 0 Å². The first-order valence-corrected chi connectivity index (χ1v) is 7.66. The number of aryl methyl sites for hydroxylation is 4. The number of aromatic nitrogens is 4. The second kappa shape index (κ2) is 6.87. The summed E-state index contributed by atoms with van der Waals surface area (Å²) < 4.78 is 3.72. The molecule has 2 heterocycles. The van der Waals surface area contributed by atoms with Crippen LogP contribution in [0.4, 0.5) is 0 Å². The lowest BCUT2D eigenvalue weighted by Gasteiger charge is -2.16. The van der Waals surface area contributed by atoms with E-state index in [0.717, 1.165) is 30.2 Å². The topological polar surface area (TPSA) is 64.7 Å². The molecule has 0 fully saturated rings. The molecule has 0 saturated carbocycles. The average molecular weight is 303 g/mol. The SMILES string of the molecule is Cc1cc(C)n(CCN[C@H](C)Cn2nc(C)cc2C)c(=O)n1. The maximum Gasteiger partial charge on any atom is 0.347 e. The summed E-state index contributed by atoms with van der Waals surface area (Å²) >= 11 is 0. The summed E-state index contributed by atoms with van der Waals surface area (Å²) in [5, 5.41) is 7.90. The van der Waals surface area contributed by atoms with E-state index in [-0.39, 0.29) is 11.7 Å². The molecule has 6 heteroatoms. The van der Waals surface area contributed by atoms with Gasteiger partial charge in [-0.05, 0) is 46.8 Å². The Morgan fingerprint density at radius 3 is 2.41 bits per heavy atom. The lowest BCUT2D eigenvalue weighted by Crippen LogP contribution is -2.36. The Labute approximate surface area is 131 Å². The Kier molecular flexibility index (Phi) is 5.13. The molecule has 120 valence electrons. The number of rotatable bonds is 6. The molecule has 0 unspecified atom stereocenters. The number of hydrogen-bond acceptors (Lipinski definition) is 4. The standard InChI is InChI=1S/C16H25N5O/c1-11-8-14(4)20(16(22)18-11)7-6-17-13(3)10-21-15(5)9-12(2)19-21/h8-9,13,17H,6-7,10H2,1-5H3/t13-/m1/s1. The molecular weight excluding hydrogens is 278 g/mol. The molecule has 1 N–H and O–H groups in total. The van der Waals surface area contributed by atoms with Crippen LogP contribution in [0.15, 0.2) is 16.9 Å². The summed E-state index contributed by atoms with van der Waals surface area (Å²) in [6.07, 6.45) is 0. The minimum Gasteiger partial charge on any atom is -0.311 e. The van der Waals surface area contributed by atoms with Crippen LogP contribution in [-0.2, 0) is 13.1 Å². The summed E-state index contributed by atoms with van der Waals surface area (Å²) in [7, 11) is 0. The fourth-order valence-corrected chi connectivity index (χ4v) is 2.65. The predicted octanol–water partition coefficient (Wildman–Crippen LogP) is 1.35. The van der Waals surface area contributed by atoms with E-state index in [9.17, 15) is 4.79 Å². The van der Waals surface area contributed by atoms with E-state index in [4.69, 9.17) is 0 Å². The van der Waals surface area contributed by atoms with Crippen LogP contribution in [0, 0.1) is 27.7 Å². The van der Waals surface area contributed by atoms with Crippen molar-refractivity contribution in [2.75, 3.05) is 6.54 Å². The van der Waals surface area contributed by atoms with Crippen LogP contribution in [-0.4, -0.2) is 31.9 Å². The highest BCUT2D eigenvalue weighted by molar-refractivity contribution is 5.07. The first-order valence-electron chi connectivity index (χ1n) is 7.66. The molecule has 0 amide bonds. The summed E-state index contributed by atoms with van der Waals surface area (Å²) in [5.41, 5.74) is 3.75. The maximum atomic E-state index is 11.9.